The van der Waals surface area contributed by atoms with Crippen LogP contribution in [0.3, 0.4) is 0 Å². The first kappa shape index (κ1) is 8.16. The fourth-order valence-corrected chi connectivity index (χ4v) is 0.157. The van der Waals surface area contributed by atoms with Gasteiger partial charge in [-0.2, -0.15) is 8.78 Å². The van der Waals surface area contributed by atoms with Crippen LogP contribution in [0.1, 0.15) is 0 Å². The second-order valence-corrected chi connectivity index (χ2v) is 1.16. The molecule has 0 saturated heterocycles. The molecule has 9 heavy (non-hydrogen) atoms. The van der Waals surface area contributed by atoms with Gasteiger partial charge in [0.15, 0.2) is 0 Å². The molecule has 52 valence electrons. The second-order valence-electron chi connectivity index (χ2n) is 1.16. The lowest BCUT2D eigenvalue weighted by molar-refractivity contribution is -0.329. The number of hydrogen-bond donors (Lipinski definition) is 0. The smallest absolute Gasteiger partial charge is 0.285 e. The number of halogens is 3. The van der Waals surface area contributed by atoms with E-state index >= 15 is 0 Å². The zero-order valence-corrected chi connectivity index (χ0v) is 4.23. The van der Waals surface area contributed by atoms with Gasteiger partial charge in [-0.05, 0) is 10.6 Å². The lowest BCUT2D eigenvalue weighted by Crippen LogP contribution is -2.27. The quantitative estimate of drug-likeness (QED) is 0.551. The highest BCUT2D eigenvalue weighted by Gasteiger charge is 2.39. The molecule has 0 saturated carbocycles. The molecule has 0 aliphatic heterocycles. The predicted octanol–water partition coefficient (Wildman–Crippen LogP) is 1.24. The summed E-state index contributed by atoms with van der Waals surface area (Å²) in [5.41, 5.74) is 0. The molecule has 0 amide bonds. The van der Waals surface area contributed by atoms with Crippen molar-refractivity contribution in [3.05, 3.63) is 12.7 Å². The van der Waals surface area contributed by atoms with Gasteiger partial charge in [-0.3, -0.25) is 4.79 Å². The molecule has 0 unspecified atom stereocenters. The Labute approximate surface area is 48.8 Å². The van der Waals surface area contributed by atoms with Crippen molar-refractivity contribution < 1.29 is 23.0 Å². The van der Waals surface area contributed by atoms with Gasteiger partial charge in [-0.15, -0.1) is 4.94 Å². The van der Waals surface area contributed by atoms with Crippen LogP contribution in [0.15, 0.2) is 12.7 Å². The van der Waals surface area contributed by atoms with E-state index in [2.05, 4.69) is 6.58 Å². The summed E-state index contributed by atoms with van der Waals surface area (Å²) in [6.07, 6.45) is -4.10. The fraction of sp³-hybridized carbons (Fsp3) is 0.250. The van der Waals surface area contributed by atoms with Gasteiger partial charge < -0.3 is 0 Å². The lowest BCUT2D eigenvalue weighted by atomic mass is 10.4. The summed E-state index contributed by atoms with van der Waals surface area (Å²) in [7, 11) is 0. The Balaban J connectivity index is 4.13. The maximum atomic E-state index is 11.5. The highest BCUT2D eigenvalue weighted by atomic mass is 19.4. The Morgan fingerprint density at radius 1 is 1.67 bits per heavy atom. The molecule has 0 aromatic heterocycles. The summed E-state index contributed by atoms with van der Waals surface area (Å²) in [6.45, 7) is 2.70. The molecule has 0 aromatic rings. The first-order valence-electron chi connectivity index (χ1n) is 1.89. The van der Waals surface area contributed by atoms with Crippen molar-refractivity contribution in [3.8, 4) is 0 Å². The maximum absolute atomic E-state index is 11.5. The molecule has 0 radical (unpaired) electrons. The summed E-state index contributed by atoms with van der Waals surface area (Å²) >= 11 is 0. The van der Waals surface area contributed by atoms with E-state index in [-0.39, 0.29) is 6.08 Å². The van der Waals surface area contributed by atoms with E-state index < -0.39 is 11.9 Å². The van der Waals surface area contributed by atoms with Gasteiger partial charge >= 0.3 is 6.11 Å². The van der Waals surface area contributed by atoms with E-state index in [9.17, 15) is 18.1 Å². The normalized spacial score (nSPS) is 11.0. The van der Waals surface area contributed by atoms with E-state index in [1.165, 1.54) is 0 Å². The minimum atomic E-state index is -4.37. The van der Waals surface area contributed by atoms with Crippen LogP contribution in [0, 0.1) is 0 Å². The minimum absolute atomic E-state index is 0.277. The third-order valence-corrected chi connectivity index (χ3v) is 0.569. The van der Waals surface area contributed by atoms with Gasteiger partial charge in [0, 0.05) is 0 Å². The molecule has 0 bridgehead atoms. The Morgan fingerprint density at radius 3 is 2.22 bits per heavy atom. The molecule has 0 spiro atoms. The first-order valence-corrected chi connectivity index (χ1v) is 1.89. The van der Waals surface area contributed by atoms with Gasteiger partial charge in [0.2, 0.25) is 0 Å². The van der Waals surface area contributed by atoms with E-state index in [1.54, 1.807) is 0 Å². The standard InChI is InChI=1S/C4H3F3O2/c1-2-3(8)4(5,6)9-7/h2H,1H2. The number of rotatable bonds is 3. The zero-order valence-electron chi connectivity index (χ0n) is 4.23. The van der Waals surface area contributed by atoms with Crippen LogP contribution >= 0.6 is 0 Å². The van der Waals surface area contributed by atoms with Crippen LogP contribution in [0.5, 0.6) is 0 Å². The van der Waals surface area contributed by atoms with Crippen LogP contribution < -0.4 is 0 Å². The van der Waals surface area contributed by atoms with E-state index in [0.717, 1.165) is 0 Å². The van der Waals surface area contributed by atoms with Crippen molar-refractivity contribution in [2.75, 3.05) is 0 Å². The van der Waals surface area contributed by atoms with Crippen LogP contribution in [0.2, 0.25) is 0 Å². The molecule has 0 aliphatic carbocycles. The molecular formula is C4H3F3O2. The Morgan fingerprint density at radius 2 is 2.11 bits per heavy atom. The summed E-state index contributed by atoms with van der Waals surface area (Å²) in [5.74, 6) is -1.80. The number of hydrogen-bond acceptors (Lipinski definition) is 2. The molecule has 0 rings (SSSR count). The average Bonchev–Trinajstić information content (AvgIpc) is 1.86. The third kappa shape index (κ3) is 1.85. The molecule has 2 nitrogen and oxygen atoms in total. The lowest BCUT2D eigenvalue weighted by Gasteiger charge is -2.03. The first-order chi connectivity index (χ1) is 4.04. The third-order valence-electron chi connectivity index (χ3n) is 0.569. The van der Waals surface area contributed by atoms with Crippen molar-refractivity contribution >= 4 is 5.78 Å². The largest absolute Gasteiger partial charge is 0.450 e. The van der Waals surface area contributed by atoms with Crippen LogP contribution in [-0.4, -0.2) is 11.9 Å². The van der Waals surface area contributed by atoms with Gasteiger partial charge in [0.1, 0.15) is 0 Å². The van der Waals surface area contributed by atoms with E-state index in [4.69, 9.17) is 0 Å². The molecule has 5 heteroatoms. The summed E-state index contributed by atoms with van der Waals surface area (Å²) in [4.78, 5) is 11.9. The molecule has 0 aliphatic rings. The summed E-state index contributed by atoms with van der Waals surface area (Å²) in [5, 5.41) is 0. The maximum Gasteiger partial charge on any atom is 0.450 e. The predicted molar refractivity (Wildman–Crippen MR) is 22.3 cm³/mol. The molecule has 0 aromatic carbocycles. The number of carbonyl (C=O) groups excluding carboxylic acids is 1. The van der Waals surface area contributed by atoms with Crippen LogP contribution in [0.25, 0.3) is 0 Å². The van der Waals surface area contributed by atoms with Crippen molar-refractivity contribution in [2.24, 2.45) is 0 Å². The molecule has 0 N–H and O–H groups in total. The topological polar surface area (TPSA) is 26.3 Å². The van der Waals surface area contributed by atoms with Crippen molar-refractivity contribution in [3.63, 3.8) is 0 Å². The highest BCUT2D eigenvalue weighted by molar-refractivity contribution is 5.93. The van der Waals surface area contributed by atoms with Gasteiger partial charge in [-0.25, -0.2) is 0 Å². The average molecular weight is 140 g/mol. The Bertz CT molecular complexity index is 132. The Hall–Kier alpha value is -0.840. The summed E-state index contributed by atoms with van der Waals surface area (Å²) in [6, 6.07) is 0. The van der Waals surface area contributed by atoms with E-state index in [0.29, 0.717) is 0 Å². The highest BCUT2D eigenvalue weighted by Crippen LogP contribution is 2.16. The molecule has 0 atom stereocenters. The summed E-state index contributed by atoms with van der Waals surface area (Å²) < 4.78 is 33.7. The van der Waals surface area contributed by atoms with Crippen LogP contribution in [-0.2, 0) is 9.74 Å². The van der Waals surface area contributed by atoms with Gasteiger partial charge in [-0.1, -0.05) is 6.58 Å². The van der Waals surface area contributed by atoms with Crippen LogP contribution in [0.4, 0.5) is 13.3 Å². The van der Waals surface area contributed by atoms with Gasteiger partial charge in [0.05, 0.1) is 0 Å². The van der Waals surface area contributed by atoms with Crippen molar-refractivity contribution in [2.45, 2.75) is 6.11 Å². The van der Waals surface area contributed by atoms with Gasteiger partial charge in [0.25, 0.3) is 5.78 Å². The minimum Gasteiger partial charge on any atom is -0.285 e. The molecule has 0 heterocycles. The van der Waals surface area contributed by atoms with Crippen molar-refractivity contribution in [1.82, 2.24) is 0 Å². The van der Waals surface area contributed by atoms with E-state index in [1.807, 2.05) is 4.94 Å². The SMILES string of the molecule is C=CC(=O)C(F)(F)OF. The molecular weight excluding hydrogens is 137 g/mol. The number of carbonyl (C=O) groups is 1. The monoisotopic (exact) mass is 140 g/mol. The number of alkyl halides is 2. The second kappa shape index (κ2) is 2.63. The van der Waals surface area contributed by atoms with Crippen molar-refractivity contribution in [1.29, 1.82) is 0 Å². The fourth-order valence-electron chi connectivity index (χ4n) is 0.157. The molecule has 0 fully saturated rings. The zero-order chi connectivity index (χ0) is 7.49. The Kier molecular flexibility index (Phi) is 2.39. The number of ketones is 1.